The minimum absolute atomic E-state index is 0. The molecule has 5 atom stereocenters. The van der Waals surface area contributed by atoms with Crippen molar-refractivity contribution in [2.75, 3.05) is 48.6 Å². The molecular weight excluding hydrogens is 1350 g/mol. The number of hydrogen-bond acceptors (Lipinski definition) is 21. The van der Waals surface area contributed by atoms with Gasteiger partial charge in [-0.2, -0.15) is 0 Å². The molecule has 0 bridgehead atoms. The molecule has 23 heteroatoms. The number of unbranched alkanes of at least 4 members (excludes halogenated alkanes) is 4. The van der Waals surface area contributed by atoms with Gasteiger partial charge in [-0.15, -0.1) is 23.5 Å². The zero-order valence-electron chi connectivity index (χ0n) is 57.7. The van der Waals surface area contributed by atoms with Gasteiger partial charge in [0.1, 0.15) is 51.9 Å². The number of ether oxygens (including phenoxy) is 6. The van der Waals surface area contributed by atoms with Crippen molar-refractivity contribution in [2.24, 2.45) is 15.9 Å². The van der Waals surface area contributed by atoms with Crippen molar-refractivity contribution in [2.45, 2.75) is 160 Å². The number of aliphatic imine (C=N–C) groups is 2. The second-order valence-corrected chi connectivity index (χ2v) is 31.7. The van der Waals surface area contributed by atoms with Crippen LogP contribution >= 0.6 is 71.5 Å². The number of rotatable bonds is 22. The molecule has 2 spiro atoms. The number of fused-ring (bicyclic) bond motifs is 8. The summed E-state index contributed by atoms with van der Waals surface area (Å²) >= 11 is 18.6. The van der Waals surface area contributed by atoms with Crippen LogP contribution in [0.2, 0.25) is 0 Å². The summed E-state index contributed by atoms with van der Waals surface area (Å²) in [6.07, 6.45) is 13.3. The number of carbonyl (C=O) groups excluding carboxylic acids is 4. The van der Waals surface area contributed by atoms with Gasteiger partial charge < -0.3 is 38.2 Å². The molecule has 1 N–H and O–H groups in total. The van der Waals surface area contributed by atoms with Crippen LogP contribution in [0.15, 0.2) is 132 Å². The third kappa shape index (κ3) is 18.5. The molecule has 97 heavy (non-hydrogen) atoms. The van der Waals surface area contributed by atoms with Crippen LogP contribution in [-0.4, -0.2) is 129 Å². The first-order valence-corrected chi connectivity index (χ1v) is 37.8. The number of hydrogen-bond donors (Lipinski definition) is 1. The molecule has 0 fully saturated rings. The summed E-state index contributed by atoms with van der Waals surface area (Å²) in [5, 5.41) is 2.68. The van der Waals surface area contributed by atoms with E-state index >= 15 is 0 Å². The summed E-state index contributed by atoms with van der Waals surface area (Å²) < 4.78 is 42.6. The van der Waals surface area contributed by atoms with Crippen LogP contribution in [0.5, 0.6) is 23.0 Å². The Labute approximate surface area is 611 Å². The first kappa shape index (κ1) is 80.0. The molecule has 6 aromatic rings. The van der Waals surface area contributed by atoms with E-state index in [1.165, 1.54) is 40.7 Å². The summed E-state index contributed by atoms with van der Waals surface area (Å²) in [5.74, 6) is 2.17. The molecule has 0 aliphatic carbocycles. The van der Waals surface area contributed by atoms with E-state index in [1.807, 2.05) is 107 Å². The van der Waals surface area contributed by atoms with Crippen molar-refractivity contribution >= 4 is 184 Å². The van der Waals surface area contributed by atoms with Crippen molar-refractivity contribution in [3.8, 4) is 23.0 Å². The number of anilines is 2. The molecule has 10 rings (SSSR count). The maximum absolute atomic E-state index is 13.4. The van der Waals surface area contributed by atoms with Gasteiger partial charge in [0.15, 0.2) is 0 Å². The third-order valence-corrected chi connectivity index (χ3v) is 23.0. The molecule has 4 aliphatic heterocycles. The predicted octanol–water partition coefficient (Wildman–Crippen LogP) is 18.2. The van der Waals surface area contributed by atoms with Gasteiger partial charge in [0, 0.05) is 50.7 Å². The van der Waals surface area contributed by atoms with Crippen molar-refractivity contribution in [1.82, 2.24) is 0 Å². The molecule has 6 aromatic carbocycles. The van der Waals surface area contributed by atoms with Gasteiger partial charge in [0.2, 0.25) is 11.4 Å². The molecule has 0 amide bonds. The summed E-state index contributed by atoms with van der Waals surface area (Å²) in [4.78, 5) is 63.8. The number of nitrogens with zero attached hydrogens (tertiary/aromatic N) is 4. The van der Waals surface area contributed by atoms with E-state index < -0.39 is 28.6 Å². The first-order chi connectivity index (χ1) is 46.0. The zero-order chi connectivity index (χ0) is 70.0. The van der Waals surface area contributed by atoms with Crippen molar-refractivity contribution in [1.29, 1.82) is 4.35 Å². The van der Waals surface area contributed by atoms with Crippen LogP contribution in [0.25, 0.3) is 21.5 Å². The zero-order valence-corrected chi connectivity index (χ0v) is 63.8. The second-order valence-electron chi connectivity index (χ2n) is 24.6. The van der Waals surface area contributed by atoms with Gasteiger partial charge in [0.05, 0.1) is 42.4 Å². The Morgan fingerprint density at radius 3 is 1.47 bits per heavy atom. The average Bonchev–Trinajstić information content (AvgIpc) is 1.57. The summed E-state index contributed by atoms with van der Waals surface area (Å²) in [7, 11) is 4.09. The first-order valence-electron chi connectivity index (χ1n) is 32.6. The van der Waals surface area contributed by atoms with E-state index in [9.17, 15) is 19.2 Å². The number of nitrogens with one attached hydrogen (secondary N) is 1. The van der Waals surface area contributed by atoms with E-state index in [1.54, 1.807) is 52.6 Å². The van der Waals surface area contributed by atoms with E-state index in [-0.39, 0.29) is 48.8 Å². The van der Waals surface area contributed by atoms with Crippen molar-refractivity contribution < 1.29 is 47.6 Å². The van der Waals surface area contributed by atoms with Gasteiger partial charge >= 0.3 is 44.3 Å². The molecule has 512 valence electrons. The number of thiocarbonyl (C=S) groups is 2. The molecule has 15 nitrogen and oxygen atoms in total. The Kier molecular flexibility index (Phi) is 30.4. The van der Waals surface area contributed by atoms with Crippen molar-refractivity contribution in [3.05, 3.63) is 133 Å². The van der Waals surface area contributed by atoms with E-state index in [0.717, 1.165) is 105 Å². The SMILES string of the molecule is C=CC(=O)OCCCC.CCCCOC(=O)C(CC(C)C(=O)Oc1ccc2ccc3c(c2c1)N=CC1(O3)N(C)c2ccccc2C1(C)C)SC(=S)SCCCC.CCCCSC(=S)SC(C)C(=O)Oc1ccc2ccc3c(c2c1)N=CC1(O3)N(C)c2ccccc2C1(C)C.[B].[NH]=[Al]. The van der Waals surface area contributed by atoms with Crippen LogP contribution in [0.1, 0.15) is 138 Å². The molecule has 0 saturated heterocycles. The number of para-hydroxylation sites is 2. The van der Waals surface area contributed by atoms with Gasteiger partial charge in [-0.25, -0.2) is 4.79 Å². The van der Waals surface area contributed by atoms with Crippen LogP contribution in [0, 0.1) is 10.3 Å². The Morgan fingerprint density at radius 2 is 1.03 bits per heavy atom. The quantitative estimate of drug-likeness (QED) is 0.0169. The fraction of sp³-hybridized carbons (Fsp3) is 0.432. The van der Waals surface area contributed by atoms with E-state index in [0.29, 0.717) is 45.4 Å². The normalized spacial score (nSPS) is 17.6. The fourth-order valence-corrected chi connectivity index (χ4v) is 17.1. The predicted molar refractivity (Wildman–Crippen MR) is 416 cm³/mol. The molecule has 0 saturated carbocycles. The van der Waals surface area contributed by atoms with Gasteiger partial charge in [-0.05, 0) is 149 Å². The van der Waals surface area contributed by atoms with Crippen molar-refractivity contribution in [3.63, 3.8) is 0 Å². The van der Waals surface area contributed by atoms with Gasteiger partial charge in [-0.3, -0.25) is 24.4 Å². The Morgan fingerprint density at radius 1 is 0.608 bits per heavy atom. The molecule has 4 aliphatic rings. The number of likely N-dealkylation sites (N-methyl/N-ethyl adjacent to an activating group) is 2. The Bertz CT molecular complexity index is 3860. The van der Waals surface area contributed by atoms with Crippen LogP contribution in [0.3, 0.4) is 0 Å². The fourth-order valence-electron chi connectivity index (χ4n) is 11.6. The minimum atomic E-state index is -0.792. The Balaban J connectivity index is 0.000000267. The number of esters is 4. The second kappa shape index (κ2) is 36.9. The maximum atomic E-state index is 13.4. The topological polar surface area (TPSA) is 179 Å². The molecular formula is C74H89AlBN5O10S6. The summed E-state index contributed by atoms with van der Waals surface area (Å²) in [6.45, 7) is 24.9. The van der Waals surface area contributed by atoms with Gasteiger partial charge in [0.25, 0.3) is 0 Å². The number of benzene rings is 6. The van der Waals surface area contributed by atoms with Crippen LogP contribution in [0.4, 0.5) is 22.7 Å². The van der Waals surface area contributed by atoms with E-state index in [2.05, 4.69) is 106 Å². The average molecular weight is 1440 g/mol. The molecule has 0 aromatic heterocycles. The number of carbonyl (C=O) groups is 4. The molecule has 5 unspecified atom stereocenters. The number of thioether (sulfide) groups is 4. The van der Waals surface area contributed by atoms with Gasteiger partial charge in [-0.1, -0.05) is 176 Å². The van der Waals surface area contributed by atoms with Crippen LogP contribution < -0.4 is 28.7 Å². The summed E-state index contributed by atoms with van der Waals surface area (Å²) in [5.41, 5.74) is 3.88. The standard InChI is InChI=1S/C37H44N2O5S3.C30H32N2O3S3.C7H12O2.Al.B.HN/c1-7-9-19-42-34(41)31(47-35(45)46-20-10-8-2)21-24(3)33(40)43-26-17-15-25-16-18-30-32(27(25)22-26)38-23-37(44-30)36(4,5)28-13-11-12-14-29(28)39(37)6;1-6-7-16-37-28(36)38-19(2)27(33)34-21-14-12-20-13-15-25-26(22(20)17-21)31-18-30(35-25)29(3,4)23-10-8-9-11-24(23)32(30)5;1-3-5-6-9-7(8)4-2;;;/h11-18,22-24,31H,7-10,19-21H2,1-6H3;8-15,17-19H,6-7,16H2,1-5H3;4H,2-3,5-6H2,1H3;;;1H. The summed E-state index contributed by atoms with van der Waals surface area (Å²) in [6, 6.07) is 35.9. The third-order valence-electron chi connectivity index (χ3n) is 17.4. The van der Waals surface area contributed by atoms with Crippen LogP contribution in [-0.2, 0) is 39.5 Å². The van der Waals surface area contributed by atoms with E-state index in [4.69, 9.17) is 62.5 Å². The Hall–Kier alpha value is -6.02. The molecule has 4 radical (unpaired) electrons. The molecule has 4 heterocycles. The monoisotopic (exact) mass is 1440 g/mol.